The highest BCUT2D eigenvalue weighted by Crippen LogP contribution is 2.44. The molecule has 0 amide bonds. The normalized spacial score (nSPS) is 15.6. The van der Waals surface area contributed by atoms with Crippen LogP contribution in [0.1, 0.15) is 19.4 Å². The molecular formula is C16H16INO2. The Hall–Kier alpha value is -1.43. The number of nitrogen functional groups attached to an aromatic ring is 1. The minimum absolute atomic E-state index is 0.181. The topological polar surface area (TPSA) is 44.5 Å². The third-order valence-electron chi connectivity index (χ3n) is 3.25. The molecule has 0 aromatic heterocycles. The van der Waals surface area contributed by atoms with Crippen LogP contribution >= 0.6 is 22.6 Å². The Kier molecular flexibility index (Phi) is 3.28. The summed E-state index contributed by atoms with van der Waals surface area (Å²) in [7, 11) is 0. The highest BCUT2D eigenvalue weighted by molar-refractivity contribution is 14.1. The van der Waals surface area contributed by atoms with Gasteiger partial charge in [0.1, 0.15) is 5.60 Å². The van der Waals surface area contributed by atoms with Crippen LogP contribution in [0.4, 0.5) is 5.69 Å². The van der Waals surface area contributed by atoms with Crippen molar-refractivity contribution in [2.24, 2.45) is 0 Å². The van der Waals surface area contributed by atoms with E-state index in [1.807, 2.05) is 30.3 Å². The van der Waals surface area contributed by atoms with Gasteiger partial charge in [-0.25, -0.2) is 0 Å². The standard InChI is InChI=1S/C16H16INO2/c1-16(2)9-10-4-3-5-14(15(10)20-16)19-13-7-6-11(17)8-12(13)18/h3-8H,9,18H2,1-2H3. The Balaban J connectivity index is 1.95. The summed E-state index contributed by atoms with van der Waals surface area (Å²) >= 11 is 2.23. The molecule has 0 saturated carbocycles. The second-order valence-electron chi connectivity index (χ2n) is 5.57. The SMILES string of the molecule is CC1(C)Cc2cccc(Oc3ccc(I)cc3N)c2O1. The maximum absolute atomic E-state index is 6.00. The first-order chi connectivity index (χ1) is 9.44. The highest BCUT2D eigenvalue weighted by atomic mass is 127. The van der Waals surface area contributed by atoms with Crippen LogP contribution in [0.25, 0.3) is 0 Å². The minimum Gasteiger partial charge on any atom is -0.483 e. The van der Waals surface area contributed by atoms with Crippen molar-refractivity contribution in [3.05, 3.63) is 45.5 Å². The Labute approximate surface area is 132 Å². The van der Waals surface area contributed by atoms with Crippen LogP contribution in [0.5, 0.6) is 17.2 Å². The number of nitrogens with two attached hydrogens (primary N) is 1. The number of ether oxygens (including phenoxy) is 2. The van der Waals surface area contributed by atoms with Crippen molar-refractivity contribution in [3.8, 4) is 17.2 Å². The Bertz CT molecular complexity index is 668. The predicted octanol–water partition coefficient (Wildman–Crippen LogP) is 4.38. The number of hydrogen-bond acceptors (Lipinski definition) is 3. The molecule has 4 heteroatoms. The van der Waals surface area contributed by atoms with Gasteiger partial charge in [-0.2, -0.15) is 0 Å². The molecule has 0 bridgehead atoms. The molecule has 0 unspecified atom stereocenters. The number of rotatable bonds is 2. The Morgan fingerprint density at radius 2 is 2.00 bits per heavy atom. The first kappa shape index (κ1) is 13.5. The van der Waals surface area contributed by atoms with E-state index in [4.69, 9.17) is 15.2 Å². The molecule has 0 radical (unpaired) electrons. The molecule has 2 aromatic rings. The molecule has 20 heavy (non-hydrogen) atoms. The van der Waals surface area contributed by atoms with Crippen LogP contribution in [-0.4, -0.2) is 5.60 Å². The molecule has 1 aliphatic heterocycles. The van der Waals surface area contributed by atoms with Gasteiger partial charge in [-0.1, -0.05) is 12.1 Å². The summed E-state index contributed by atoms with van der Waals surface area (Å²) in [4.78, 5) is 0. The van der Waals surface area contributed by atoms with Crippen molar-refractivity contribution in [1.29, 1.82) is 0 Å². The van der Waals surface area contributed by atoms with Gasteiger partial charge in [0.15, 0.2) is 17.2 Å². The van der Waals surface area contributed by atoms with Gasteiger partial charge >= 0.3 is 0 Å². The van der Waals surface area contributed by atoms with Gasteiger partial charge in [-0.3, -0.25) is 0 Å². The third kappa shape index (κ3) is 2.57. The van der Waals surface area contributed by atoms with Gasteiger partial charge < -0.3 is 15.2 Å². The van der Waals surface area contributed by atoms with Crippen LogP contribution in [-0.2, 0) is 6.42 Å². The minimum atomic E-state index is -0.181. The average molecular weight is 381 g/mol. The number of halogens is 1. The number of fused-ring (bicyclic) bond motifs is 1. The number of para-hydroxylation sites is 1. The second-order valence-corrected chi connectivity index (χ2v) is 6.81. The van der Waals surface area contributed by atoms with E-state index in [-0.39, 0.29) is 5.60 Å². The molecule has 0 saturated heterocycles. The van der Waals surface area contributed by atoms with Crippen LogP contribution in [0, 0.1) is 3.57 Å². The van der Waals surface area contributed by atoms with E-state index >= 15 is 0 Å². The summed E-state index contributed by atoms with van der Waals surface area (Å²) in [5.74, 6) is 2.21. The largest absolute Gasteiger partial charge is 0.483 e. The van der Waals surface area contributed by atoms with Gasteiger partial charge in [-0.15, -0.1) is 0 Å². The maximum Gasteiger partial charge on any atom is 0.169 e. The fourth-order valence-electron chi connectivity index (χ4n) is 2.40. The van der Waals surface area contributed by atoms with Crippen molar-refractivity contribution in [3.63, 3.8) is 0 Å². The van der Waals surface area contributed by atoms with Crippen molar-refractivity contribution in [2.75, 3.05) is 5.73 Å². The quantitative estimate of drug-likeness (QED) is 0.620. The second kappa shape index (κ2) is 4.84. The lowest BCUT2D eigenvalue weighted by Gasteiger charge is -2.18. The van der Waals surface area contributed by atoms with Crippen molar-refractivity contribution >= 4 is 28.3 Å². The lowest BCUT2D eigenvalue weighted by molar-refractivity contribution is 0.135. The third-order valence-corrected chi connectivity index (χ3v) is 3.92. The molecule has 0 aliphatic carbocycles. The van der Waals surface area contributed by atoms with E-state index in [0.29, 0.717) is 11.4 Å². The number of anilines is 1. The van der Waals surface area contributed by atoms with Crippen LogP contribution in [0.3, 0.4) is 0 Å². The molecule has 3 rings (SSSR count). The Morgan fingerprint density at radius 1 is 1.20 bits per heavy atom. The molecule has 2 N–H and O–H groups in total. The Morgan fingerprint density at radius 3 is 2.75 bits per heavy atom. The van der Waals surface area contributed by atoms with E-state index < -0.39 is 0 Å². The molecule has 2 aromatic carbocycles. The zero-order chi connectivity index (χ0) is 14.3. The number of hydrogen-bond donors (Lipinski definition) is 1. The molecule has 0 spiro atoms. The fraction of sp³-hybridized carbons (Fsp3) is 0.250. The van der Waals surface area contributed by atoms with Gasteiger partial charge in [0.25, 0.3) is 0 Å². The van der Waals surface area contributed by atoms with Crippen LogP contribution in [0.2, 0.25) is 0 Å². The van der Waals surface area contributed by atoms with Crippen LogP contribution < -0.4 is 15.2 Å². The molecule has 1 aliphatic rings. The molecule has 3 nitrogen and oxygen atoms in total. The zero-order valence-electron chi connectivity index (χ0n) is 11.4. The predicted molar refractivity (Wildman–Crippen MR) is 88.5 cm³/mol. The molecule has 0 fully saturated rings. The molecule has 1 heterocycles. The van der Waals surface area contributed by atoms with Crippen molar-refractivity contribution in [1.82, 2.24) is 0 Å². The lowest BCUT2D eigenvalue weighted by Crippen LogP contribution is -2.24. The van der Waals surface area contributed by atoms with Crippen LogP contribution in [0.15, 0.2) is 36.4 Å². The van der Waals surface area contributed by atoms with Crippen molar-refractivity contribution in [2.45, 2.75) is 25.9 Å². The first-order valence-corrected chi connectivity index (χ1v) is 7.56. The van der Waals surface area contributed by atoms with Gasteiger partial charge in [0, 0.05) is 15.6 Å². The average Bonchev–Trinajstić information content (AvgIpc) is 2.67. The summed E-state index contributed by atoms with van der Waals surface area (Å²) < 4.78 is 13.0. The summed E-state index contributed by atoms with van der Waals surface area (Å²) in [5.41, 5.74) is 7.62. The van der Waals surface area contributed by atoms with E-state index in [1.54, 1.807) is 0 Å². The molecule has 0 atom stereocenters. The van der Waals surface area contributed by atoms with E-state index in [0.717, 1.165) is 21.5 Å². The first-order valence-electron chi connectivity index (χ1n) is 6.48. The van der Waals surface area contributed by atoms with Crippen molar-refractivity contribution < 1.29 is 9.47 Å². The summed E-state index contributed by atoms with van der Waals surface area (Å²) in [5, 5.41) is 0. The number of benzene rings is 2. The zero-order valence-corrected chi connectivity index (χ0v) is 13.6. The molecule has 104 valence electrons. The van der Waals surface area contributed by atoms with E-state index in [9.17, 15) is 0 Å². The molecular weight excluding hydrogens is 365 g/mol. The highest BCUT2D eigenvalue weighted by Gasteiger charge is 2.32. The summed E-state index contributed by atoms with van der Waals surface area (Å²) in [6.45, 7) is 4.16. The monoisotopic (exact) mass is 381 g/mol. The van der Waals surface area contributed by atoms with Gasteiger partial charge in [-0.05, 0) is 60.7 Å². The summed E-state index contributed by atoms with van der Waals surface area (Å²) in [6, 6.07) is 11.7. The smallest absolute Gasteiger partial charge is 0.169 e. The van der Waals surface area contributed by atoms with E-state index in [1.165, 1.54) is 5.56 Å². The fourth-order valence-corrected chi connectivity index (χ4v) is 2.91. The van der Waals surface area contributed by atoms with Gasteiger partial charge in [0.2, 0.25) is 0 Å². The maximum atomic E-state index is 6.00. The summed E-state index contributed by atoms with van der Waals surface area (Å²) in [6.07, 6.45) is 0.891. The lowest BCUT2D eigenvalue weighted by atomic mass is 10.0. The van der Waals surface area contributed by atoms with E-state index in [2.05, 4.69) is 42.5 Å². The van der Waals surface area contributed by atoms with Gasteiger partial charge in [0.05, 0.1) is 5.69 Å².